The predicted octanol–water partition coefficient (Wildman–Crippen LogP) is 3.46. The Labute approximate surface area is 119 Å². The van der Waals surface area contributed by atoms with Crippen LogP contribution in [0.1, 0.15) is 10.4 Å². The molecule has 0 amide bonds. The number of phenols is 1. The molecule has 0 aliphatic heterocycles. The molecule has 0 saturated carbocycles. The maximum atomic E-state index is 11.8. The Balaban J connectivity index is 2.33. The van der Waals surface area contributed by atoms with Crippen molar-refractivity contribution >= 4 is 28.1 Å². The summed E-state index contributed by atoms with van der Waals surface area (Å²) in [6.07, 6.45) is 1.76. The molecule has 0 fully saturated rings. The van der Waals surface area contributed by atoms with Gasteiger partial charge in [-0.1, -0.05) is 6.07 Å². The van der Waals surface area contributed by atoms with Crippen molar-refractivity contribution in [1.82, 2.24) is 4.98 Å². The SMILES string of the molecule is COC(=O)c1cc(-c2cncs2)c2ccc(O)cc2c1. The molecule has 0 aliphatic rings. The molecule has 4 nitrogen and oxygen atoms in total. The molecular formula is C15H11NO3S. The Kier molecular flexibility index (Phi) is 3.12. The lowest BCUT2D eigenvalue weighted by Gasteiger charge is -2.08. The number of aromatic nitrogens is 1. The van der Waals surface area contributed by atoms with E-state index >= 15 is 0 Å². The van der Waals surface area contributed by atoms with Gasteiger partial charge in [-0.05, 0) is 35.0 Å². The average Bonchev–Trinajstić information content (AvgIpc) is 2.98. The molecule has 0 radical (unpaired) electrons. The second-order valence-corrected chi connectivity index (χ2v) is 5.17. The number of ether oxygens (including phenoxy) is 1. The van der Waals surface area contributed by atoms with Crippen molar-refractivity contribution in [3.05, 3.63) is 47.6 Å². The zero-order chi connectivity index (χ0) is 14.1. The molecular weight excluding hydrogens is 274 g/mol. The molecule has 100 valence electrons. The van der Waals surface area contributed by atoms with E-state index in [1.165, 1.54) is 18.4 Å². The second kappa shape index (κ2) is 4.94. The van der Waals surface area contributed by atoms with E-state index in [2.05, 4.69) is 4.98 Å². The zero-order valence-electron chi connectivity index (χ0n) is 10.7. The molecule has 3 rings (SSSR count). The predicted molar refractivity (Wildman–Crippen MR) is 78.1 cm³/mol. The van der Waals surface area contributed by atoms with Crippen LogP contribution < -0.4 is 0 Å². The van der Waals surface area contributed by atoms with E-state index in [4.69, 9.17) is 4.74 Å². The summed E-state index contributed by atoms with van der Waals surface area (Å²) in [5.41, 5.74) is 3.10. The van der Waals surface area contributed by atoms with Crippen LogP contribution >= 0.6 is 11.3 Å². The third kappa shape index (κ3) is 2.12. The molecule has 0 bridgehead atoms. The van der Waals surface area contributed by atoms with Gasteiger partial charge in [0.1, 0.15) is 5.75 Å². The van der Waals surface area contributed by atoms with E-state index in [1.807, 2.05) is 6.07 Å². The highest BCUT2D eigenvalue weighted by Gasteiger charge is 2.13. The highest BCUT2D eigenvalue weighted by molar-refractivity contribution is 7.13. The van der Waals surface area contributed by atoms with Gasteiger partial charge in [-0.3, -0.25) is 4.98 Å². The largest absolute Gasteiger partial charge is 0.508 e. The van der Waals surface area contributed by atoms with Gasteiger partial charge in [0.2, 0.25) is 0 Å². The average molecular weight is 285 g/mol. The molecule has 2 aromatic carbocycles. The Morgan fingerprint density at radius 2 is 2.15 bits per heavy atom. The summed E-state index contributed by atoms with van der Waals surface area (Å²) in [4.78, 5) is 16.8. The minimum Gasteiger partial charge on any atom is -0.508 e. The molecule has 1 heterocycles. The first-order valence-electron chi connectivity index (χ1n) is 5.93. The molecule has 0 atom stereocenters. The van der Waals surface area contributed by atoms with Gasteiger partial charge in [-0.15, -0.1) is 11.3 Å². The monoisotopic (exact) mass is 285 g/mol. The Morgan fingerprint density at radius 3 is 2.85 bits per heavy atom. The van der Waals surface area contributed by atoms with Crippen molar-refractivity contribution in [2.24, 2.45) is 0 Å². The van der Waals surface area contributed by atoms with Gasteiger partial charge in [0.25, 0.3) is 0 Å². The first kappa shape index (κ1) is 12.6. The number of hydrogen-bond acceptors (Lipinski definition) is 5. The van der Waals surface area contributed by atoms with Crippen LogP contribution in [-0.2, 0) is 4.74 Å². The van der Waals surface area contributed by atoms with Crippen molar-refractivity contribution in [1.29, 1.82) is 0 Å². The van der Waals surface area contributed by atoms with Gasteiger partial charge in [-0.2, -0.15) is 0 Å². The molecule has 0 spiro atoms. The number of hydrogen-bond donors (Lipinski definition) is 1. The van der Waals surface area contributed by atoms with E-state index in [9.17, 15) is 9.90 Å². The number of aromatic hydroxyl groups is 1. The van der Waals surface area contributed by atoms with Crippen LogP contribution in [0.15, 0.2) is 42.0 Å². The van der Waals surface area contributed by atoms with E-state index in [1.54, 1.807) is 36.0 Å². The maximum absolute atomic E-state index is 11.8. The van der Waals surface area contributed by atoms with Crippen molar-refractivity contribution in [3.63, 3.8) is 0 Å². The first-order valence-corrected chi connectivity index (χ1v) is 6.81. The van der Waals surface area contributed by atoms with Gasteiger partial charge in [0, 0.05) is 11.8 Å². The second-order valence-electron chi connectivity index (χ2n) is 4.29. The minimum absolute atomic E-state index is 0.162. The minimum atomic E-state index is -0.402. The van der Waals surface area contributed by atoms with Gasteiger partial charge < -0.3 is 9.84 Å². The number of rotatable bonds is 2. The number of esters is 1. The van der Waals surface area contributed by atoms with Crippen LogP contribution in [0.25, 0.3) is 21.2 Å². The maximum Gasteiger partial charge on any atom is 0.337 e. The number of fused-ring (bicyclic) bond motifs is 1. The first-order chi connectivity index (χ1) is 9.69. The van der Waals surface area contributed by atoms with Crippen LogP contribution in [0.2, 0.25) is 0 Å². The summed E-state index contributed by atoms with van der Waals surface area (Å²) in [5, 5.41) is 11.4. The third-order valence-corrected chi connectivity index (χ3v) is 3.86. The highest BCUT2D eigenvalue weighted by atomic mass is 32.1. The number of carbonyl (C=O) groups excluding carboxylic acids is 1. The van der Waals surface area contributed by atoms with Gasteiger partial charge in [0.05, 0.1) is 23.1 Å². The van der Waals surface area contributed by atoms with Crippen molar-refractivity contribution in [2.45, 2.75) is 0 Å². The molecule has 1 aromatic heterocycles. The van der Waals surface area contributed by atoms with Gasteiger partial charge in [-0.25, -0.2) is 4.79 Å². The van der Waals surface area contributed by atoms with Crippen LogP contribution in [0.4, 0.5) is 0 Å². The smallest absolute Gasteiger partial charge is 0.337 e. The summed E-state index contributed by atoms with van der Waals surface area (Å²) in [6.45, 7) is 0. The number of benzene rings is 2. The van der Waals surface area contributed by atoms with E-state index in [0.717, 1.165) is 21.2 Å². The number of phenolic OH excluding ortho intramolecular Hbond substituents is 1. The fraction of sp³-hybridized carbons (Fsp3) is 0.0667. The highest BCUT2D eigenvalue weighted by Crippen LogP contribution is 2.34. The molecule has 0 unspecified atom stereocenters. The van der Waals surface area contributed by atoms with E-state index in [0.29, 0.717) is 5.56 Å². The van der Waals surface area contributed by atoms with Crippen molar-refractivity contribution in [2.75, 3.05) is 7.11 Å². The van der Waals surface area contributed by atoms with Gasteiger partial charge in [0.15, 0.2) is 0 Å². The topological polar surface area (TPSA) is 59.4 Å². The lowest BCUT2D eigenvalue weighted by atomic mass is 10.00. The van der Waals surface area contributed by atoms with Crippen LogP contribution in [-0.4, -0.2) is 23.2 Å². The standard InChI is InChI=1S/C15H11NO3S/c1-19-15(18)10-4-9-5-11(17)2-3-12(9)13(6-10)14-7-16-8-20-14/h2-8,17H,1H3. The van der Waals surface area contributed by atoms with E-state index in [-0.39, 0.29) is 5.75 Å². The summed E-state index contributed by atoms with van der Waals surface area (Å²) >= 11 is 1.50. The number of methoxy groups -OCH3 is 1. The summed E-state index contributed by atoms with van der Waals surface area (Å²) in [5.74, 6) is -0.240. The Hall–Kier alpha value is -2.40. The quantitative estimate of drug-likeness (QED) is 0.733. The van der Waals surface area contributed by atoms with Gasteiger partial charge >= 0.3 is 5.97 Å². The molecule has 3 aromatic rings. The number of thiazole rings is 1. The normalized spacial score (nSPS) is 10.7. The molecule has 1 N–H and O–H groups in total. The van der Waals surface area contributed by atoms with Crippen LogP contribution in [0, 0.1) is 0 Å². The number of carbonyl (C=O) groups is 1. The fourth-order valence-corrected chi connectivity index (χ4v) is 2.80. The number of nitrogens with zero attached hydrogens (tertiary/aromatic N) is 1. The van der Waals surface area contributed by atoms with Crippen LogP contribution in [0.3, 0.4) is 0 Å². The lowest BCUT2D eigenvalue weighted by Crippen LogP contribution is -2.01. The molecule has 0 aliphatic carbocycles. The fourth-order valence-electron chi connectivity index (χ4n) is 2.15. The Morgan fingerprint density at radius 1 is 1.30 bits per heavy atom. The summed E-state index contributed by atoms with van der Waals surface area (Å²) < 4.78 is 4.77. The molecule has 5 heteroatoms. The molecule has 20 heavy (non-hydrogen) atoms. The van der Waals surface area contributed by atoms with Crippen LogP contribution in [0.5, 0.6) is 5.75 Å². The third-order valence-electron chi connectivity index (χ3n) is 3.06. The van der Waals surface area contributed by atoms with Crippen molar-refractivity contribution in [3.8, 4) is 16.2 Å². The summed E-state index contributed by atoms with van der Waals surface area (Å²) in [6, 6.07) is 8.60. The zero-order valence-corrected chi connectivity index (χ0v) is 11.5. The van der Waals surface area contributed by atoms with E-state index < -0.39 is 5.97 Å². The summed E-state index contributed by atoms with van der Waals surface area (Å²) in [7, 11) is 1.35. The Bertz CT molecular complexity index is 781. The van der Waals surface area contributed by atoms with Crippen molar-refractivity contribution < 1.29 is 14.6 Å². The molecule has 0 saturated heterocycles. The lowest BCUT2D eigenvalue weighted by molar-refractivity contribution is 0.0601.